The lowest BCUT2D eigenvalue weighted by atomic mass is 10.1. The standard InChI is InChI=1S/C18H23NO4S/c1-5-22-17-10-9-15(12-18(17)23-6-2)24(20,21)19-16-11-13(3)7-8-14(16)4/h7-12,19H,5-6H2,1-4H3. The Balaban J connectivity index is 2.38. The normalized spacial score (nSPS) is 11.2. The second-order valence-corrected chi connectivity index (χ2v) is 7.08. The van der Waals surface area contributed by atoms with Gasteiger partial charge in [0.2, 0.25) is 0 Å². The molecule has 0 aromatic heterocycles. The van der Waals surface area contributed by atoms with Crippen molar-refractivity contribution in [1.82, 2.24) is 0 Å². The number of rotatable bonds is 7. The van der Waals surface area contributed by atoms with Gasteiger partial charge < -0.3 is 9.47 Å². The summed E-state index contributed by atoms with van der Waals surface area (Å²) < 4.78 is 39.0. The van der Waals surface area contributed by atoms with Crippen LogP contribution >= 0.6 is 0 Å². The fraction of sp³-hybridized carbons (Fsp3) is 0.333. The first kappa shape index (κ1) is 18.1. The number of hydrogen-bond acceptors (Lipinski definition) is 4. The third-order valence-corrected chi connectivity index (χ3v) is 4.83. The number of ether oxygens (including phenoxy) is 2. The highest BCUT2D eigenvalue weighted by Crippen LogP contribution is 2.31. The predicted molar refractivity (Wildman–Crippen MR) is 95.5 cm³/mol. The van der Waals surface area contributed by atoms with E-state index in [-0.39, 0.29) is 4.90 Å². The zero-order valence-corrected chi connectivity index (χ0v) is 15.2. The van der Waals surface area contributed by atoms with Crippen molar-refractivity contribution in [3.8, 4) is 11.5 Å². The quantitative estimate of drug-likeness (QED) is 0.823. The first-order valence-corrected chi connectivity index (χ1v) is 9.35. The van der Waals surface area contributed by atoms with E-state index in [2.05, 4.69) is 4.72 Å². The minimum absolute atomic E-state index is 0.135. The van der Waals surface area contributed by atoms with E-state index >= 15 is 0 Å². The van der Waals surface area contributed by atoms with Crippen LogP contribution in [-0.4, -0.2) is 21.6 Å². The summed E-state index contributed by atoms with van der Waals surface area (Å²) in [6.07, 6.45) is 0. The molecule has 0 radical (unpaired) electrons. The molecule has 0 fully saturated rings. The second-order valence-electron chi connectivity index (χ2n) is 5.40. The second kappa shape index (κ2) is 7.57. The maximum Gasteiger partial charge on any atom is 0.262 e. The molecule has 0 heterocycles. The molecule has 0 amide bonds. The minimum Gasteiger partial charge on any atom is -0.490 e. The number of sulfonamides is 1. The molecule has 24 heavy (non-hydrogen) atoms. The van der Waals surface area contributed by atoms with Crippen LogP contribution in [0.3, 0.4) is 0 Å². The lowest BCUT2D eigenvalue weighted by Gasteiger charge is -2.14. The van der Waals surface area contributed by atoms with Crippen LogP contribution < -0.4 is 14.2 Å². The molecule has 0 atom stereocenters. The number of hydrogen-bond donors (Lipinski definition) is 1. The summed E-state index contributed by atoms with van der Waals surface area (Å²) in [5.41, 5.74) is 2.42. The van der Waals surface area contributed by atoms with E-state index in [0.717, 1.165) is 11.1 Å². The van der Waals surface area contributed by atoms with Crippen molar-refractivity contribution >= 4 is 15.7 Å². The van der Waals surface area contributed by atoms with Crippen molar-refractivity contribution in [3.63, 3.8) is 0 Å². The molecule has 2 aromatic carbocycles. The van der Waals surface area contributed by atoms with E-state index in [0.29, 0.717) is 30.4 Å². The van der Waals surface area contributed by atoms with Gasteiger partial charge in [-0.2, -0.15) is 0 Å². The van der Waals surface area contributed by atoms with E-state index in [1.54, 1.807) is 6.07 Å². The lowest BCUT2D eigenvalue weighted by Crippen LogP contribution is -2.14. The van der Waals surface area contributed by atoms with Gasteiger partial charge in [0, 0.05) is 6.07 Å². The minimum atomic E-state index is -3.71. The third-order valence-electron chi connectivity index (χ3n) is 3.46. The fourth-order valence-electron chi connectivity index (χ4n) is 2.25. The van der Waals surface area contributed by atoms with Gasteiger partial charge in [0.15, 0.2) is 11.5 Å². The van der Waals surface area contributed by atoms with Crippen LogP contribution in [-0.2, 0) is 10.0 Å². The summed E-state index contributed by atoms with van der Waals surface area (Å²) in [7, 11) is -3.71. The van der Waals surface area contributed by atoms with Gasteiger partial charge in [-0.15, -0.1) is 0 Å². The number of benzene rings is 2. The predicted octanol–water partition coefficient (Wildman–Crippen LogP) is 3.90. The monoisotopic (exact) mass is 349 g/mol. The molecule has 5 nitrogen and oxygen atoms in total. The molecule has 0 aliphatic rings. The first-order valence-electron chi connectivity index (χ1n) is 7.87. The van der Waals surface area contributed by atoms with Crippen LogP contribution in [0, 0.1) is 13.8 Å². The van der Waals surface area contributed by atoms with Crippen molar-refractivity contribution in [2.45, 2.75) is 32.6 Å². The maximum atomic E-state index is 12.7. The molecule has 0 spiro atoms. The zero-order chi connectivity index (χ0) is 17.7. The van der Waals surface area contributed by atoms with Gasteiger partial charge in [0.25, 0.3) is 10.0 Å². The largest absolute Gasteiger partial charge is 0.490 e. The molecule has 1 N–H and O–H groups in total. The molecule has 0 bridgehead atoms. The molecular formula is C18H23NO4S. The van der Waals surface area contributed by atoms with Crippen molar-refractivity contribution in [3.05, 3.63) is 47.5 Å². The van der Waals surface area contributed by atoms with Gasteiger partial charge in [-0.25, -0.2) is 8.42 Å². The van der Waals surface area contributed by atoms with E-state index in [1.807, 2.05) is 45.9 Å². The van der Waals surface area contributed by atoms with Gasteiger partial charge in [-0.05, 0) is 57.0 Å². The third kappa shape index (κ3) is 4.20. The van der Waals surface area contributed by atoms with Crippen LogP contribution in [0.15, 0.2) is 41.3 Å². The highest BCUT2D eigenvalue weighted by atomic mass is 32.2. The summed E-state index contributed by atoms with van der Waals surface area (Å²) in [5.74, 6) is 0.952. The van der Waals surface area contributed by atoms with Crippen molar-refractivity contribution < 1.29 is 17.9 Å². The SMILES string of the molecule is CCOc1ccc(S(=O)(=O)Nc2cc(C)ccc2C)cc1OCC. The van der Waals surface area contributed by atoms with Crippen molar-refractivity contribution in [2.24, 2.45) is 0 Å². The summed E-state index contributed by atoms with van der Waals surface area (Å²) in [6.45, 7) is 8.39. The summed E-state index contributed by atoms with van der Waals surface area (Å²) >= 11 is 0. The molecule has 6 heteroatoms. The van der Waals surface area contributed by atoms with Crippen molar-refractivity contribution in [2.75, 3.05) is 17.9 Å². The zero-order valence-electron chi connectivity index (χ0n) is 14.4. The van der Waals surface area contributed by atoms with Gasteiger partial charge >= 0.3 is 0 Å². The van der Waals surface area contributed by atoms with Crippen LogP contribution in [0.1, 0.15) is 25.0 Å². The van der Waals surface area contributed by atoms with Crippen LogP contribution in [0.2, 0.25) is 0 Å². The molecular weight excluding hydrogens is 326 g/mol. The van der Waals surface area contributed by atoms with E-state index < -0.39 is 10.0 Å². The van der Waals surface area contributed by atoms with Crippen molar-refractivity contribution in [1.29, 1.82) is 0 Å². The molecule has 130 valence electrons. The topological polar surface area (TPSA) is 64.6 Å². The summed E-state index contributed by atoms with van der Waals surface area (Å²) in [4.78, 5) is 0.135. The average molecular weight is 349 g/mol. The van der Waals surface area contributed by atoms with Crippen LogP contribution in [0.25, 0.3) is 0 Å². The van der Waals surface area contributed by atoms with Crippen LogP contribution in [0.4, 0.5) is 5.69 Å². The smallest absolute Gasteiger partial charge is 0.262 e. The number of nitrogens with one attached hydrogen (secondary N) is 1. The molecule has 2 aromatic rings. The first-order chi connectivity index (χ1) is 11.4. The lowest BCUT2D eigenvalue weighted by molar-refractivity contribution is 0.287. The Kier molecular flexibility index (Phi) is 5.72. The molecule has 0 aliphatic heterocycles. The number of aryl methyl sites for hydroxylation is 2. The Morgan fingerprint density at radius 3 is 2.25 bits per heavy atom. The molecule has 0 aliphatic carbocycles. The fourth-order valence-corrected chi connectivity index (χ4v) is 3.38. The number of anilines is 1. The summed E-state index contributed by atoms with van der Waals surface area (Å²) in [6, 6.07) is 10.3. The van der Waals surface area contributed by atoms with E-state index in [1.165, 1.54) is 12.1 Å². The van der Waals surface area contributed by atoms with Gasteiger partial charge in [-0.1, -0.05) is 12.1 Å². The Hall–Kier alpha value is -2.21. The Labute approximate surface area is 143 Å². The van der Waals surface area contributed by atoms with Crippen LogP contribution in [0.5, 0.6) is 11.5 Å². The summed E-state index contributed by atoms with van der Waals surface area (Å²) in [5, 5.41) is 0. The Morgan fingerprint density at radius 2 is 1.58 bits per heavy atom. The molecule has 2 rings (SSSR count). The highest BCUT2D eigenvalue weighted by molar-refractivity contribution is 7.92. The van der Waals surface area contributed by atoms with E-state index in [9.17, 15) is 8.42 Å². The molecule has 0 saturated heterocycles. The maximum absolute atomic E-state index is 12.7. The average Bonchev–Trinajstić information content (AvgIpc) is 2.53. The molecule has 0 saturated carbocycles. The Bertz CT molecular complexity index is 816. The van der Waals surface area contributed by atoms with Gasteiger partial charge in [0.1, 0.15) is 0 Å². The van der Waals surface area contributed by atoms with Gasteiger partial charge in [-0.3, -0.25) is 4.72 Å². The Morgan fingerprint density at radius 1 is 0.917 bits per heavy atom. The van der Waals surface area contributed by atoms with E-state index in [4.69, 9.17) is 9.47 Å². The molecule has 0 unspecified atom stereocenters. The van der Waals surface area contributed by atoms with Gasteiger partial charge in [0.05, 0.1) is 23.8 Å². The highest BCUT2D eigenvalue weighted by Gasteiger charge is 2.18.